The van der Waals surface area contributed by atoms with Crippen LogP contribution in [0.15, 0.2) is 45.9 Å². The molecular formula is C21H22N4O6S2. The normalized spacial score (nSPS) is 11.5. The number of hydrogen-bond donors (Lipinski definition) is 2. The van der Waals surface area contributed by atoms with E-state index in [2.05, 4.69) is 14.9 Å². The number of anilines is 1. The first-order valence-corrected chi connectivity index (χ1v) is 12.2. The Morgan fingerprint density at radius 3 is 2.58 bits per heavy atom. The minimum atomic E-state index is -4.02. The fraction of sp³-hybridized carbons (Fsp3) is 0.238. The average molecular weight is 491 g/mol. The summed E-state index contributed by atoms with van der Waals surface area (Å²) in [4.78, 5) is 5.04. The number of rotatable bonds is 9. The molecule has 0 radical (unpaired) electrons. The number of aromatic nitrogens is 2. The van der Waals surface area contributed by atoms with E-state index >= 15 is 0 Å². The molecule has 0 aliphatic heterocycles. The molecule has 0 amide bonds. The van der Waals surface area contributed by atoms with Crippen molar-refractivity contribution in [3.05, 3.63) is 47.0 Å². The van der Waals surface area contributed by atoms with Gasteiger partial charge in [-0.1, -0.05) is 29.5 Å². The Morgan fingerprint density at radius 2 is 1.91 bits per heavy atom. The van der Waals surface area contributed by atoms with Crippen molar-refractivity contribution in [1.29, 1.82) is 0 Å². The molecule has 0 unspecified atom stereocenters. The van der Waals surface area contributed by atoms with Crippen LogP contribution in [0.2, 0.25) is 0 Å². The van der Waals surface area contributed by atoms with Gasteiger partial charge in [-0.15, -0.1) is 0 Å². The number of ether oxygens (including phenoxy) is 3. The molecule has 12 heteroatoms. The minimum Gasteiger partial charge on any atom is -0.495 e. The summed E-state index contributed by atoms with van der Waals surface area (Å²) in [6, 6.07) is 8.14. The number of sulfonamides is 1. The maximum absolute atomic E-state index is 13.1. The van der Waals surface area contributed by atoms with E-state index in [1.165, 1.54) is 25.6 Å². The molecule has 0 bridgehead atoms. The molecule has 33 heavy (non-hydrogen) atoms. The summed E-state index contributed by atoms with van der Waals surface area (Å²) in [5, 5.41) is 4.68. The second kappa shape index (κ2) is 9.25. The second-order valence-electron chi connectivity index (χ2n) is 6.87. The fourth-order valence-corrected chi connectivity index (χ4v) is 5.00. The lowest BCUT2D eigenvalue weighted by molar-refractivity contribution is 0.378. The third kappa shape index (κ3) is 4.58. The standard InChI is InChI=1S/C21H22N4O6S2/c1-4-12-5-6-15(28-2)19(7-12)33(26,27)25-20-14-8-17(29-3)18(9-16(14)31-24-20)30-21-23-11-13(10-22)32-21/h5-9,11H,4,10,22H2,1-3H3,(H,24,25). The second-order valence-corrected chi connectivity index (χ2v) is 9.60. The molecule has 174 valence electrons. The summed E-state index contributed by atoms with van der Waals surface area (Å²) in [6.45, 7) is 2.29. The van der Waals surface area contributed by atoms with E-state index in [1.807, 2.05) is 13.0 Å². The topological polar surface area (TPSA) is 139 Å². The van der Waals surface area contributed by atoms with Crippen LogP contribution in [0.4, 0.5) is 5.82 Å². The summed E-state index contributed by atoms with van der Waals surface area (Å²) >= 11 is 1.31. The van der Waals surface area contributed by atoms with E-state index in [4.69, 9.17) is 24.5 Å². The van der Waals surface area contributed by atoms with Crippen LogP contribution in [0.5, 0.6) is 22.4 Å². The van der Waals surface area contributed by atoms with Crippen LogP contribution in [0.25, 0.3) is 11.0 Å². The molecule has 10 nitrogen and oxygen atoms in total. The Morgan fingerprint density at radius 1 is 1.12 bits per heavy atom. The fourth-order valence-electron chi connectivity index (χ4n) is 3.12. The summed E-state index contributed by atoms with van der Waals surface area (Å²) in [5.74, 6) is 0.923. The molecular weight excluding hydrogens is 468 g/mol. The zero-order chi connectivity index (χ0) is 23.6. The summed E-state index contributed by atoms with van der Waals surface area (Å²) in [7, 11) is -1.13. The van der Waals surface area contributed by atoms with Gasteiger partial charge in [0.15, 0.2) is 22.9 Å². The molecule has 2 heterocycles. The molecule has 0 atom stereocenters. The first-order valence-electron chi connectivity index (χ1n) is 9.88. The molecule has 0 saturated heterocycles. The zero-order valence-electron chi connectivity index (χ0n) is 18.1. The average Bonchev–Trinajstić information content (AvgIpc) is 3.44. The highest BCUT2D eigenvalue weighted by molar-refractivity contribution is 7.92. The Balaban J connectivity index is 1.69. The molecule has 0 saturated carbocycles. The largest absolute Gasteiger partial charge is 0.495 e. The van der Waals surface area contributed by atoms with Crippen molar-refractivity contribution in [3.63, 3.8) is 0 Å². The van der Waals surface area contributed by atoms with E-state index in [1.54, 1.807) is 30.5 Å². The summed E-state index contributed by atoms with van der Waals surface area (Å²) in [5.41, 5.74) is 6.77. The van der Waals surface area contributed by atoms with Crippen molar-refractivity contribution in [1.82, 2.24) is 10.1 Å². The van der Waals surface area contributed by atoms with Gasteiger partial charge in [0.1, 0.15) is 10.6 Å². The molecule has 4 rings (SSSR count). The summed E-state index contributed by atoms with van der Waals surface area (Å²) < 4.78 is 50.6. The van der Waals surface area contributed by atoms with Gasteiger partial charge in [-0.05, 0) is 30.2 Å². The maximum Gasteiger partial charge on any atom is 0.279 e. The van der Waals surface area contributed by atoms with Crippen LogP contribution in [0.1, 0.15) is 17.4 Å². The number of thiazole rings is 1. The van der Waals surface area contributed by atoms with Crippen molar-refractivity contribution in [2.45, 2.75) is 24.8 Å². The van der Waals surface area contributed by atoms with Crippen LogP contribution in [-0.4, -0.2) is 32.8 Å². The van der Waals surface area contributed by atoms with Crippen molar-refractivity contribution < 1.29 is 27.2 Å². The highest BCUT2D eigenvalue weighted by Crippen LogP contribution is 2.39. The van der Waals surface area contributed by atoms with Gasteiger partial charge in [-0.25, -0.2) is 13.4 Å². The highest BCUT2D eigenvalue weighted by Gasteiger charge is 2.24. The predicted molar refractivity (Wildman–Crippen MR) is 124 cm³/mol. The lowest BCUT2D eigenvalue weighted by atomic mass is 10.2. The lowest BCUT2D eigenvalue weighted by Gasteiger charge is -2.12. The summed E-state index contributed by atoms with van der Waals surface area (Å²) in [6.07, 6.45) is 2.30. The number of methoxy groups -OCH3 is 2. The van der Waals surface area contributed by atoms with Gasteiger partial charge in [0.25, 0.3) is 15.2 Å². The minimum absolute atomic E-state index is 0.00639. The Labute approximate surface area is 194 Å². The van der Waals surface area contributed by atoms with E-state index in [0.29, 0.717) is 40.6 Å². The molecule has 0 aliphatic carbocycles. The van der Waals surface area contributed by atoms with Gasteiger partial charge in [-0.2, -0.15) is 0 Å². The SMILES string of the molecule is CCc1ccc(OC)c(S(=O)(=O)Nc2noc3cc(Oc4ncc(CN)s4)c(OC)cc23)c1. The van der Waals surface area contributed by atoms with Crippen molar-refractivity contribution in [2.24, 2.45) is 5.73 Å². The highest BCUT2D eigenvalue weighted by atomic mass is 32.2. The van der Waals surface area contributed by atoms with Gasteiger partial charge in [0.2, 0.25) is 0 Å². The molecule has 2 aromatic heterocycles. The van der Waals surface area contributed by atoms with Crippen LogP contribution in [0.3, 0.4) is 0 Å². The molecule has 0 spiro atoms. The van der Waals surface area contributed by atoms with Crippen LogP contribution in [-0.2, 0) is 23.0 Å². The maximum atomic E-state index is 13.1. The van der Waals surface area contributed by atoms with Gasteiger partial charge in [0.05, 0.1) is 19.6 Å². The van der Waals surface area contributed by atoms with Crippen LogP contribution >= 0.6 is 11.3 Å². The van der Waals surface area contributed by atoms with E-state index in [0.717, 1.165) is 10.4 Å². The molecule has 0 aliphatic rings. The number of hydrogen-bond acceptors (Lipinski definition) is 10. The van der Waals surface area contributed by atoms with E-state index < -0.39 is 10.0 Å². The zero-order valence-corrected chi connectivity index (χ0v) is 19.7. The van der Waals surface area contributed by atoms with Gasteiger partial charge >= 0.3 is 0 Å². The van der Waals surface area contributed by atoms with Crippen LogP contribution in [0, 0.1) is 0 Å². The third-order valence-corrected chi connectivity index (χ3v) is 7.10. The quantitative estimate of drug-likeness (QED) is 0.357. The van der Waals surface area contributed by atoms with E-state index in [9.17, 15) is 8.42 Å². The molecule has 2 aromatic carbocycles. The Hall–Kier alpha value is -3.35. The Bertz CT molecular complexity index is 1400. The monoisotopic (exact) mass is 490 g/mol. The number of benzene rings is 2. The number of nitrogens with one attached hydrogen (secondary N) is 1. The van der Waals surface area contributed by atoms with Crippen molar-refractivity contribution in [3.8, 4) is 22.4 Å². The number of aryl methyl sites for hydroxylation is 1. The van der Waals surface area contributed by atoms with Crippen molar-refractivity contribution in [2.75, 3.05) is 18.9 Å². The lowest BCUT2D eigenvalue weighted by Crippen LogP contribution is -2.15. The number of nitrogens with zero attached hydrogens (tertiary/aromatic N) is 2. The molecule has 3 N–H and O–H groups in total. The first-order chi connectivity index (χ1) is 15.9. The smallest absolute Gasteiger partial charge is 0.279 e. The first kappa shape index (κ1) is 22.8. The van der Waals surface area contributed by atoms with Crippen molar-refractivity contribution >= 4 is 38.1 Å². The van der Waals surface area contributed by atoms with Gasteiger partial charge in [0, 0.05) is 23.7 Å². The van der Waals surface area contributed by atoms with Gasteiger partial charge in [-0.3, -0.25) is 4.72 Å². The predicted octanol–water partition coefficient (Wildman–Crippen LogP) is 3.92. The third-order valence-electron chi connectivity index (χ3n) is 4.84. The molecule has 4 aromatic rings. The number of nitrogens with two attached hydrogens (primary N) is 1. The van der Waals surface area contributed by atoms with Crippen LogP contribution < -0.4 is 24.7 Å². The Kier molecular flexibility index (Phi) is 6.40. The van der Waals surface area contributed by atoms with Gasteiger partial charge < -0.3 is 24.5 Å². The molecule has 0 fully saturated rings. The van der Waals surface area contributed by atoms with E-state index in [-0.39, 0.29) is 16.5 Å². The number of fused-ring (bicyclic) bond motifs is 1.